The van der Waals surface area contributed by atoms with Gasteiger partial charge in [-0.3, -0.25) is 4.79 Å². The Morgan fingerprint density at radius 3 is 2.06 bits per heavy atom. The number of hydrogen-bond donors (Lipinski definition) is 0. The summed E-state index contributed by atoms with van der Waals surface area (Å²) in [6, 6.07) is 0.0864. The number of ketones is 1. The van der Waals surface area contributed by atoms with Crippen molar-refractivity contribution in [2.45, 2.75) is 12.8 Å². The molecule has 2 amide bonds. The number of likely N-dealkylation sites (tertiary alicyclic amines) is 1. The van der Waals surface area contributed by atoms with Gasteiger partial charge in [0, 0.05) is 39.0 Å². The zero-order chi connectivity index (χ0) is 12.3. The highest BCUT2D eigenvalue weighted by molar-refractivity contribution is 5.85. The Labute approximate surface area is 102 Å². The molecule has 0 aromatic rings. The first-order valence-corrected chi connectivity index (χ1v) is 6.16. The van der Waals surface area contributed by atoms with Gasteiger partial charge in [-0.1, -0.05) is 0 Å². The first-order chi connectivity index (χ1) is 8.18. The Balaban J connectivity index is 1.83. The maximum Gasteiger partial charge on any atom is 0.320 e. The Morgan fingerprint density at radius 2 is 1.53 bits per heavy atom. The fourth-order valence-electron chi connectivity index (χ4n) is 2.35. The topological polar surface area (TPSA) is 49.9 Å². The summed E-state index contributed by atoms with van der Waals surface area (Å²) in [6.45, 7) is 7.39. The summed E-state index contributed by atoms with van der Waals surface area (Å²) in [5, 5.41) is 0. The van der Waals surface area contributed by atoms with Gasteiger partial charge in [0.05, 0.1) is 13.2 Å². The minimum Gasteiger partial charge on any atom is -0.378 e. The van der Waals surface area contributed by atoms with Crippen LogP contribution in [-0.2, 0) is 9.53 Å². The van der Waals surface area contributed by atoms with Gasteiger partial charge in [0.1, 0.15) is 5.78 Å². The summed E-state index contributed by atoms with van der Waals surface area (Å²) in [4.78, 5) is 26.9. The predicted molar refractivity (Wildman–Crippen MR) is 62.4 cm³/mol. The number of morpholine rings is 1. The molecule has 95 valence electrons. The van der Waals surface area contributed by atoms with Crippen LogP contribution < -0.4 is 0 Å². The number of ether oxygens (including phenoxy) is 1. The lowest BCUT2D eigenvalue weighted by Gasteiger charge is -2.36. The highest BCUT2D eigenvalue weighted by Gasteiger charge is 2.28. The monoisotopic (exact) mass is 239 g/mol. The number of Topliss-reactive ketones (excluding diaryl/α,β-unsaturated/α-hetero) is 1. The van der Waals surface area contributed by atoms with E-state index in [4.69, 9.17) is 4.74 Å². The fourth-order valence-corrected chi connectivity index (χ4v) is 2.35. The van der Waals surface area contributed by atoms with E-state index in [1.165, 1.54) is 0 Å². The normalized spacial score (nSPS) is 22.6. The number of nitrogens with zero attached hydrogens (tertiary/aromatic N) is 2. The van der Waals surface area contributed by atoms with Crippen LogP contribution in [0.25, 0.3) is 0 Å². The molecule has 0 N–H and O–H groups in total. The van der Waals surface area contributed by atoms with Crippen LogP contribution in [0.2, 0.25) is 0 Å². The van der Waals surface area contributed by atoms with Gasteiger partial charge < -0.3 is 14.5 Å². The molecule has 0 saturated carbocycles. The van der Waals surface area contributed by atoms with Gasteiger partial charge in [0.15, 0.2) is 0 Å². The number of carbonyl (C=O) groups excluding carboxylic acids is 2. The second kappa shape index (κ2) is 5.49. The summed E-state index contributed by atoms with van der Waals surface area (Å²) in [6.07, 6.45) is 1.50. The average Bonchev–Trinajstić information content (AvgIpc) is 2.39. The van der Waals surface area contributed by atoms with Crippen molar-refractivity contribution in [2.75, 3.05) is 39.4 Å². The van der Waals surface area contributed by atoms with Gasteiger partial charge in [0.25, 0.3) is 0 Å². The maximum atomic E-state index is 12.1. The van der Waals surface area contributed by atoms with Crippen LogP contribution in [0.1, 0.15) is 12.8 Å². The van der Waals surface area contributed by atoms with Gasteiger partial charge in [-0.25, -0.2) is 4.79 Å². The number of hydrogen-bond acceptors (Lipinski definition) is 3. The molecule has 0 aromatic carbocycles. The Morgan fingerprint density at radius 1 is 1.00 bits per heavy atom. The van der Waals surface area contributed by atoms with Crippen molar-refractivity contribution in [1.82, 2.24) is 9.80 Å². The minimum absolute atomic E-state index is 0.00321. The van der Waals surface area contributed by atoms with Crippen molar-refractivity contribution >= 4 is 11.8 Å². The van der Waals surface area contributed by atoms with E-state index in [9.17, 15) is 9.59 Å². The predicted octanol–water partition coefficient (Wildman–Crippen LogP) is 0.554. The third kappa shape index (κ3) is 2.97. The summed E-state index contributed by atoms with van der Waals surface area (Å²) in [5.74, 6) is 0.0483. The molecule has 2 saturated heterocycles. The molecule has 5 nitrogen and oxygen atoms in total. The fraction of sp³-hybridized carbons (Fsp3) is 0.750. The minimum atomic E-state index is 0.00321. The van der Waals surface area contributed by atoms with Crippen molar-refractivity contribution in [3.05, 3.63) is 6.92 Å². The zero-order valence-electron chi connectivity index (χ0n) is 10.1. The summed E-state index contributed by atoms with van der Waals surface area (Å²) < 4.78 is 5.22. The molecule has 0 unspecified atom stereocenters. The van der Waals surface area contributed by atoms with Gasteiger partial charge >= 0.3 is 6.03 Å². The third-order valence-corrected chi connectivity index (χ3v) is 3.50. The molecule has 2 fully saturated rings. The summed E-state index contributed by atoms with van der Waals surface area (Å²) >= 11 is 0. The molecule has 0 atom stereocenters. The molecule has 0 aliphatic carbocycles. The summed E-state index contributed by atoms with van der Waals surface area (Å²) in [5.41, 5.74) is 0. The van der Waals surface area contributed by atoms with Crippen LogP contribution in [0.15, 0.2) is 0 Å². The molecule has 0 aromatic heterocycles. The molecule has 0 bridgehead atoms. The Hall–Kier alpha value is -1.10. The van der Waals surface area contributed by atoms with Gasteiger partial charge in [0.2, 0.25) is 0 Å². The lowest BCUT2D eigenvalue weighted by molar-refractivity contribution is -0.119. The first-order valence-electron chi connectivity index (χ1n) is 6.16. The largest absolute Gasteiger partial charge is 0.378 e. The molecule has 1 radical (unpaired) electrons. The number of rotatable bonds is 1. The van der Waals surface area contributed by atoms with E-state index in [1.54, 1.807) is 0 Å². The zero-order valence-corrected chi connectivity index (χ0v) is 10.1. The van der Waals surface area contributed by atoms with E-state index in [2.05, 4.69) is 6.92 Å². The number of amides is 2. The van der Waals surface area contributed by atoms with Gasteiger partial charge in [-0.15, -0.1) is 0 Å². The Kier molecular flexibility index (Phi) is 3.99. The van der Waals surface area contributed by atoms with Gasteiger partial charge in [-0.2, -0.15) is 0 Å². The second-order valence-corrected chi connectivity index (χ2v) is 4.61. The molecule has 2 rings (SSSR count). The Bertz CT molecular complexity index is 292. The molecular formula is C12H19N2O3. The van der Waals surface area contributed by atoms with Crippen LogP contribution in [0.4, 0.5) is 4.79 Å². The number of piperidine rings is 1. The first kappa shape index (κ1) is 12.4. The van der Waals surface area contributed by atoms with E-state index in [0.717, 1.165) is 12.8 Å². The van der Waals surface area contributed by atoms with E-state index in [-0.39, 0.29) is 17.7 Å². The van der Waals surface area contributed by atoms with Crippen LogP contribution in [0.3, 0.4) is 0 Å². The molecular weight excluding hydrogens is 220 g/mol. The van der Waals surface area contributed by atoms with Crippen LogP contribution in [0.5, 0.6) is 0 Å². The van der Waals surface area contributed by atoms with E-state index < -0.39 is 0 Å². The van der Waals surface area contributed by atoms with Gasteiger partial charge in [-0.05, 0) is 12.8 Å². The molecule has 2 aliphatic heterocycles. The van der Waals surface area contributed by atoms with Crippen LogP contribution in [-0.4, -0.2) is 61.0 Å². The lowest BCUT2D eigenvalue weighted by Crippen LogP contribution is -2.50. The standard InChI is InChI=1S/C12H19N2O3/c1-10(15)11-2-4-13(5-3-11)12(16)14-6-8-17-9-7-14/h11H,1-9H2. The number of urea groups is 1. The molecule has 2 heterocycles. The molecule has 0 spiro atoms. The van der Waals surface area contributed by atoms with Crippen molar-refractivity contribution < 1.29 is 14.3 Å². The highest BCUT2D eigenvalue weighted by atomic mass is 16.5. The molecule has 2 aliphatic rings. The van der Waals surface area contributed by atoms with Crippen molar-refractivity contribution in [3.8, 4) is 0 Å². The molecule has 17 heavy (non-hydrogen) atoms. The third-order valence-electron chi connectivity index (χ3n) is 3.50. The smallest absolute Gasteiger partial charge is 0.320 e. The lowest BCUT2D eigenvalue weighted by atomic mass is 9.93. The average molecular weight is 239 g/mol. The second-order valence-electron chi connectivity index (χ2n) is 4.61. The quantitative estimate of drug-likeness (QED) is 0.671. The van der Waals surface area contributed by atoms with Crippen molar-refractivity contribution in [2.24, 2.45) is 5.92 Å². The van der Waals surface area contributed by atoms with E-state index >= 15 is 0 Å². The van der Waals surface area contributed by atoms with Crippen LogP contribution >= 0.6 is 0 Å². The van der Waals surface area contributed by atoms with Crippen molar-refractivity contribution in [1.29, 1.82) is 0 Å². The SMILES string of the molecule is [CH2]C(=O)C1CCN(C(=O)N2CCOCC2)CC1. The summed E-state index contributed by atoms with van der Waals surface area (Å²) in [7, 11) is 0. The molecule has 5 heteroatoms. The van der Waals surface area contributed by atoms with Crippen LogP contribution in [0, 0.1) is 12.8 Å². The maximum absolute atomic E-state index is 12.1. The number of carbonyl (C=O) groups is 2. The van der Waals surface area contributed by atoms with Crippen molar-refractivity contribution in [3.63, 3.8) is 0 Å². The highest BCUT2D eigenvalue weighted by Crippen LogP contribution is 2.19. The van der Waals surface area contributed by atoms with E-state index in [0.29, 0.717) is 39.4 Å². The van der Waals surface area contributed by atoms with E-state index in [1.807, 2.05) is 9.80 Å².